The lowest BCUT2D eigenvalue weighted by Crippen LogP contribution is -2.39. The summed E-state index contributed by atoms with van der Waals surface area (Å²) in [4.78, 5) is 14.1. The largest absolute Gasteiger partial charge is 0.492 e. The van der Waals surface area contributed by atoms with Crippen molar-refractivity contribution in [2.45, 2.75) is 13.3 Å². The molecule has 112 valence electrons. The molecule has 1 heterocycles. The Morgan fingerprint density at radius 1 is 1.57 bits per heavy atom. The van der Waals surface area contributed by atoms with E-state index in [1.807, 2.05) is 19.1 Å². The highest BCUT2D eigenvalue weighted by atomic mass is 16.5. The van der Waals surface area contributed by atoms with Crippen LogP contribution < -0.4 is 10.1 Å². The molecule has 1 saturated heterocycles. The van der Waals surface area contributed by atoms with Crippen molar-refractivity contribution in [1.82, 2.24) is 10.2 Å². The van der Waals surface area contributed by atoms with Crippen molar-refractivity contribution >= 4 is 5.91 Å². The van der Waals surface area contributed by atoms with Gasteiger partial charge < -0.3 is 10.1 Å². The third kappa shape index (κ3) is 3.73. The number of ether oxygens (including phenoxy) is 1. The van der Waals surface area contributed by atoms with Gasteiger partial charge in [-0.15, -0.1) is 0 Å². The first-order chi connectivity index (χ1) is 10.1. The minimum atomic E-state index is -0.296. The molecule has 5 nitrogen and oxygen atoms in total. The molecule has 0 saturated carbocycles. The van der Waals surface area contributed by atoms with Crippen LogP contribution in [0.15, 0.2) is 24.3 Å². The zero-order valence-electron chi connectivity index (χ0n) is 12.6. The molecule has 1 aromatic rings. The Morgan fingerprint density at radius 3 is 3.10 bits per heavy atom. The molecule has 1 aromatic carbocycles. The lowest BCUT2D eigenvalue weighted by atomic mass is 9.89. The van der Waals surface area contributed by atoms with Crippen LogP contribution >= 0.6 is 0 Å². The molecule has 0 aliphatic carbocycles. The van der Waals surface area contributed by atoms with Crippen molar-refractivity contribution in [2.24, 2.45) is 5.41 Å². The Morgan fingerprint density at radius 2 is 2.38 bits per heavy atom. The van der Waals surface area contributed by atoms with Gasteiger partial charge in [0.2, 0.25) is 5.91 Å². The summed E-state index contributed by atoms with van der Waals surface area (Å²) < 4.78 is 5.67. The quantitative estimate of drug-likeness (QED) is 0.889. The van der Waals surface area contributed by atoms with Gasteiger partial charge in [0.05, 0.1) is 17.0 Å². The third-order valence-corrected chi connectivity index (χ3v) is 3.97. The second-order valence-electron chi connectivity index (χ2n) is 5.65. The number of likely N-dealkylation sites (tertiary alicyclic amines) is 1. The van der Waals surface area contributed by atoms with Crippen molar-refractivity contribution in [2.75, 3.05) is 33.3 Å². The Kier molecular flexibility index (Phi) is 4.81. The van der Waals surface area contributed by atoms with E-state index in [1.54, 1.807) is 19.2 Å². The predicted octanol–water partition coefficient (Wildman–Crippen LogP) is 1.40. The van der Waals surface area contributed by atoms with E-state index in [4.69, 9.17) is 10.00 Å². The molecule has 2 rings (SSSR count). The van der Waals surface area contributed by atoms with Gasteiger partial charge in [-0.25, -0.2) is 0 Å². The lowest BCUT2D eigenvalue weighted by Gasteiger charge is -2.22. The van der Waals surface area contributed by atoms with E-state index in [0.717, 1.165) is 26.1 Å². The van der Waals surface area contributed by atoms with E-state index in [1.165, 1.54) is 0 Å². The fraction of sp³-hybridized carbons (Fsp3) is 0.500. The topological polar surface area (TPSA) is 65.4 Å². The van der Waals surface area contributed by atoms with E-state index in [9.17, 15) is 4.79 Å². The maximum Gasteiger partial charge on any atom is 0.227 e. The SMILES string of the molecule is CNC(=O)C1(C)CCN(CCOc2cccc(C#N)c2)C1. The van der Waals surface area contributed by atoms with Crippen LogP contribution in [0.4, 0.5) is 0 Å². The molecule has 21 heavy (non-hydrogen) atoms. The molecule has 1 amide bonds. The van der Waals surface area contributed by atoms with Gasteiger partial charge in [0, 0.05) is 20.1 Å². The number of carbonyl (C=O) groups is 1. The predicted molar refractivity (Wildman–Crippen MR) is 79.9 cm³/mol. The molecular formula is C16H21N3O2. The Balaban J connectivity index is 1.80. The van der Waals surface area contributed by atoms with Gasteiger partial charge in [-0.3, -0.25) is 9.69 Å². The lowest BCUT2D eigenvalue weighted by molar-refractivity contribution is -0.129. The first-order valence-electron chi connectivity index (χ1n) is 7.15. The average Bonchev–Trinajstić information content (AvgIpc) is 2.89. The van der Waals surface area contributed by atoms with Crippen LogP contribution in [-0.2, 0) is 4.79 Å². The van der Waals surface area contributed by atoms with E-state index in [0.29, 0.717) is 17.9 Å². The number of amides is 1. The first-order valence-corrected chi connectivity index (χ1v) is 7.15. The second-order valence-corrected chi connectivity index (χ2v) is 5.65. The zero-order valence-corrected chi connectivity index (χ0v) is 12.6. The molecule has 5 heteroatoms. The van der Waals surface area contributed by atoms with Crippen molar-refractivity contribution in [3.8, 4) is 11.8 Å². The number of nitriles is 1. The number of hydrogen-bond acceptors (Lipinski definition) is 4. The summed E-state index contributed by atoms with van der Waals surface area (Å²) >= 11 is 0. The fourth-order valence-electron chi connectivity index (χ4n) is 2.68. The molecular weight excluding hydrogens is 266 g/mol. The first kappa shape index (κ1) is 15.3. The summed E-state index contributed by atoms with van der Waals surface area (Å²) in [6.07, 6.45) is 0.872. The van der Waals surface area contributed by atoms with Crippen LogP contribution in [0.5, 0.6) is 5.75 Å². The Hall–Kier alpha value is -2.06. The normalized spacial score (nSPS) is 21.8. The van der Waals surface area contributed by atoms with Gasteiger partial charge in [0.25, 0.3) is 0 Å². The molecule has 0 radical (unpaired) electrons. The van der Waals surface area contributed by atoms with Crippen LogP contribution in [0, 0.1) is 16.7 Å². The molecule has 1 aliphatic rings. The minimum absolute atomic E-state index is 0.104. The highest BCUT2D eigenvalue weighted by Gasteiger charge is 2.39. The molecule has 0 spiro atoms. The van der Waals surface area contributed by atoms with Gasteiger partial charge in [0.1, 0.15) is 12.4 Å². The van der Waals surface area contributed by atoms with Crippen molar-refractivity contribution in [3.63, 3.8) is 0 Å². The molecule has 1 fully saturated rings. The maximum atomic E-state index is 11.8. The third-order valence-electron chi connectivity index (χ3n) is 3.97. The molecule has 0 aromatic heterocycles. The number of benzene rings is 1. The Bertz CT molecular complexity index is 553. The minimum Gasteiger partial charge on any atom is -0.492 e. The van der Waals surface area contributed by atoms with E-state index < -0.39 is 0 Å². The highest BCUT2D eigenvalue weighted by molar-refractivity contribution is 5.82. The van der Waals surface area contributed by atoms with Crippen LogP contribution in [0.1, 0.15) is 18.9 Å². The molecule has 1 unspecified atom stereocenters. The number of nitrogens with zero attached hydrogens (tertiary/aromatic N) is 2. The zero-order chi connectivity index (χ0) is 15.3. The van der Waals surface area contributed by atoms with Crippen LogP contribution in [0.3, 0.4) is 0 Å². The van der Waals surface area contributed by atoms with Gasteiger partial charge in [0.15, 0.2) is 0 Å². The number of carbonyl (C=O) groups excluding carboxylic acids is 1. The van der Waals surface area contributed by atoms with Crippen molar-refractivity contribution in [3.05, 3.63) is 29.8 Å². The average molecular weight is 287 g/mol. The number of hydrogen-bond donors (Lipinski definition) is 1. The van der Waals surface area contributed by atoms with E-state index >= 15 is 0 Å². The summed E-state index contributed by atoms with van der Waals surface area (Å²) in [7, 11) is 1.68. The number of rotatable bonds is 5. The second kappa shape index (κ2) is 6.59. The van der Waals surface area contributed by atoms with Crippen LogP contribution in [-0.4, -0.2) is 44.1 Å². The van der Waals surface area contributed by atoms with Gasteiger partial charge >= 0.3 is 0 Å². The molecule has 1 N–H and O–H groups in total. The summed E-state index contributed by atoms with van der Waals surface area (Å²) in [6.45, 7) is 5.00. The summed E-state index contributed by atoms with van der Waals surface area (Å²) in [5, 5.41) is 11.6. The standard InChI is InChI=1S/C16H21N3O2/c1-16(15(20)18-2)6-7-19(12-16)8-9-21-14-5-3-4-13(10-14)11-17/h3-5,10H,6-9,12H2,1-2H3,(H,18,20). The smallest absolute Gasteiger partial charge is 0.227 e. The van der Waals surface area contributed by atoms with Gasteiger partial charge in [-0.1, -0.05) is 6.07 Å². The van der Waals surface area contributed by atoms with Crippen LogP contribution in [0.2, 0.25) is 0 Å². The molecule has 1 atom stereocenters. The maximum absolute atomic E-state index is 11.8. The monoisotopic (exact) mass is 287 g/mol. The van der Waals surface area contributed by atoms with Crippen molar-refractivity contribution < 1.29 is 9.53 Å². The summed E-state index contributed by atoms with van der Waals surface area (Å²) in [6, 6.07) is 9.24. The van der Waals surface area contributed by atoms with Gasteiger partial charge in [-0.05, 0) is 38.1 Å². The van der Waals surface area contributed by atoms with E-state index in [-0.39, 0.29) is 11.3 Å². The highest BCUT2D eigenvalue weighted by Crippen LogP contribution is 2.29. The van der Waals surface area contributed by atoms with E-state index in [2.05, 4.69) is 16.3 Å². The van der Waals surface area contributed by atoms with Crippen LogP contribution in [0.25, 0.3) is 0 Å². The molecule has 1 aliphatic heterocycles. The molecule has 0 bridgehead atoms. The Labute approximate surface area is 125 Å². The number of nitrogens with one attached hydrogen (secondary N) is 1. The summed E-state index contributed by atoms with van der Waals surface area (Å²) in [5.41, 5.74) is 0.302. The van der Waals surface area contributed by atoms with Crippen molar-refractivity contribution in [1.29, 1.82) is 5.26 Å². The fourth-order valence-corrected chi connectivity index (χ4v) is 2.68. The summed E-state index contributed by atoms with van der Waals surface area (Å²) in [5.74, 6) is 0.815. The van der Waals surface area contributed by atoms with Gasteiger partial charge in [-0.2, -0.15) is 5.26 Å².